The lowest BCUT2D eigenvalue weighted by molar-refractivity contribution is -0.123. The normalized spacial score (nSPS) is 11.8. The van der Waals surface area contributed by atoms with Crippen LogP contribution < -0.4 is 0 Å². The van der Waals surface area contributed by atoms with Crippen molar-refractivity contribution in [1.29, 1.82) is 0 Å². The predicted octanol–water partition coefficient (Wildman–Crippen LogP) is 5.37. The van der Waals surface area contributed by atoms with Crippen LogP contribution in [0.1, 0.15) is 26.3 Å². The fraction of sp³-hybridized carbons (Fsp3) is 0.316. The van der Waals surface area contributed by atoms with E-state index >= 15 is 0 Å². The molecule has 2 aromatic heterocycles. The van der Waals surface area contributed by atoms with Gasteiger partial charge in [-0.3, -0.25) is 4.79 Å². The van der Waals surface area contributed by atoms with Gasteiger partial charge in [-0.2, -0.15) is 0 Å². The maximum absolute atomic E-state index is 12.2. The molecule has 124 valence electrons. The molecule has 24 heavy (non-hydrogen) atoms. The zero-order valence-electron chi connectivity index (χ0n) is 14.3. The Morgan fingerprint density at radius 1 is 1.17 bits per heavy atom. The summed E-state index contributed by atoms with van der Waals surface area (Å²) in [5.74, 6) is 0.657. The number of thioether (sulfide) groups is 1. The zero-order chi connectivity index (χ0) is 17.3. The second-order valence-corrected chi connectivity index (χ2v) is 8.66. The van der Waals surface area contributed by atoms with Crippen molar-refractivity contribution in [2.45, 2.75) is 32.7 Å². The number of aromatic nitrogens is 2. The lowest BCUT2D eigenvalue weighted by atomic mass is 9.92. The highest BCUT2D eigenvalue weighted by atomic mass is 32.2. The van der Waals surface area contributed by atoms with Crippen molar-refractivity contribution in [2.24, 2.45) is 5.41 Å². The lowest BCUT2D eigenvalue weighted by Gasteiger charge is -2.16. The van der Waals surface area contributed by atoms with Gasteiger partial charge in [0, 0.05) is 16.4 Å². The fourth-order valence-electron chi connectivity index (χ4n) is 2.25. The molecule has 0 spiro atoms. The monoisotopic (exact) mass is 356 g/mol. The van der Waals surface area contributed by atoms with Gasteiger partial charge < -0.3 is 0 Å². The number of benzene rings is 1. The molecule has 0 N–H and O–H groups in total. The molecule has 3 aromatic rings. The Hall–Kier alpha value is -1.72. The highest BCUT2D eigenvalue weighted by molar-refractivity contribution is 8.00. The van der Waals surface area contributed by atoms with Crippen molar-refractivity contribution in [1.82, 2.24) is 9.97 Å². The molecule has 0 unspecified atom stereocenters. The summed E-state index contributed by atoms with van der Waals surface area (Å²) >= 11 is 3.13. The van der Waals surface area contributed by atoms with E-state index in [1.807, 2.05) is 20.8 Å². The molecule has 0 aliphatic carbocycles. The topological polar surface area (TPSA) is 42.9 Å². The molecule has 0 aliphatic rings. The minimum Gasteiger partial charge on any atom is -0.298 e. The number of nitrogens with zero attached hydrogens (tertiary/aromatic N) is 2. The second-order valence-electron chi connectivity index (χ2n) is 6.84. The van der Waals surface area contributed by atoms with Crippen molar-refractivity contribution >= 4 is 39.1 Å². The van der Waals surface area contributed by atoms with Crippen LogP contribution in [0, 0.1) is 12.3 Å². The van der Waals surface area contributed by atoms with E-state index in [0.717, 1.165) is 26.4 Å². The van der Waals surface area contributed by atoms with Crippen LogP contribution in [-0.4, -0.2) is 21.5 Å². The van der Waals surface area contributed by atoms with Crippen LogP contribution in [0.2, 0.25) is 0 Å². The SMILES string of the molecule is Cc1ccc(-c2csc3ncnc(SCC(=O)C(C)(C)C)c23)cc1. The summed E-state index contributed by atoms with van der Waals surface area (Å²) in [7, 11) is 0. The molecule has 0 saturated heterocycles. The van der Waals surface area contributed by atoms with Gasteiger partial charge in [-0.25, -0.2) is 9.97 Å². The Balaban J connectivity index is 1.98. The number of Topliss-reactive ketones (excluding diaryl/α,β-unsaturated/α-hetero) is 1. The molecule has 0 bridgehead atoms. The van der Waals surface area contributed by atoms with Gasteiger partial charge in [0.1, 0.15) is 22.0 Å². The summed E-state index contributed by atoms with van der Waals surface area (Å²) in [6, 6.07) is 8.47. The molecule has 0 atom stereocenters. The van der Waals surface area contributed by atoms with Crippen LogP contribution in [-0.2, 0) is 4.79 Å². The molecule has 0 amide bonds. The number of fused-ring (bicyclic) bond motifs is 1. The van der Waals surface area contributed by atoms with Gasteiger partial charge in [0.15, 0.2) is 0 Å². The van der Waals surface area contributed by atoms with Gasteiger partial charge in [0.2, 0.25) is 0 Å². The molecular formula is C19H20N2OS2. The molecule has 1 aromatic carbocycles. The fourth-order valence-corrected chi connectivity index (χ4v) is 4.41. The van der Waals surface area contributed by atoms with E-state index in [2.05, 4.69) is 46.5 Å². The van der Waals surface area contributed by atoms with Gasteiger partial charge in [0.05, 0.1) is 11.1 Å². The maximum Gasteiger partial charge on any atom is 0.148 e. The van der Waals surface area contributed by atoms with Crippen LogP contribution in [0.25, 0.3) is 21.3 Å². The third-order valence-corrected chi connectivity index (χ3v) is 5.75. The molecular weight excluding hydrogens is 336 g/mol. The maximum atomic E-state index is 12.2. The average Bonchev–Trinajstić information content (AvgIpc) is 2.97. The van der Waals surface area contributed by atoms with Crippen molar-refractivity contribution in [3.8, 4) is 11.1 Å². The minimum absolute atomic E-state index is 0.228. The van der Waals surface area contributed by atoms with E-state index in [1.165, 1.54) is 17.3 Å². The van der Waals surface area contributed by atoms with E-state index in [4.69, 9.17) is 0 Å². The summed E-state index contributed by atoms with van der Waals surface area (Å²) in [6.07, 6.45) is 1.58. The first-order chi connectivity index (χ1) is 11.4. The van der Waals surface area contributed by atoms with Crippen molar-refractivity contribution < 1.29 is 4.79 Å². The molecule has 2 heterocycles. The summed E-state index contributed by atoms with van der Waals surface area (Å²) in [6.45, 7) is 7.94. The highest BCUT2D eigenvalue weighted by Gasteiger charge is 2.22. The van der Waals surface area contributed by atoms with Gasteiger partial charge in [-0.1, -0.05) is 62.4 Å². The Kier molecular flexibility index (Phi) is 4.74. The Morgan fingerprint density at radius 3 is 2.54 bits per heavy atom. The van der Waals surface area contributed by atoms with Gasteiger partial charge in [-0.05, 0) is 12.5 Å². The number of hydrogen-bond acceptors (Lipinski definition) is 5. The summed E-state index contributed by atoms with van der Waals surface area (Å²) in [5.41, 5.74) is 3.21. The summed E-state index contributed by atoms with van der Waals surface area (Å²) in [4.78, 5) is 22.0. The quantitative estimate of drug-likeness (QED) is 0.465. The second kappa shape index (κ2) is 6.65. The first-order valence-electron chi connectivity index (χ1n) is 7.81. The van der Waals surface area contributed by atoms with Crippen LogP contribution >= 0.6 is 23.1 Å². The first kappa shape index (κ1) is 17.1. The number of hydrogen-bond donors (Lipinski definition) is 0. The third kappa shape index (κ3) is 3.52. The molecule has 0 saturated carbocycles. The molecule has 0 aliphatic heterocycles. The largest absolute Gasteiger partial charge is 0.298 e. The molecule has 0 fully saturated rings. The van der Waals surface area contributed by atoms with Crippen LogP contribution in [0.5, 0.6) is 0 Å². The summed E-state index contributed by atoms with van der Waals surface area (Å²) < 4.78 is 0. The smallest absolute Gasteiger partial charge is 0.148 e. The van der Waals surface area contributed by atoms with Gasteiger partial charge in [-0.15, -0.1) is 11.3 Å². The molecule has 3 rings (SSSR count). The number of carbonyl (C=O) groups excluding carboxylic acids is 1. The van der Waals surface area contributed by atoms with E-state index in [-0.39, 0.29) is 11.2 Å². The van der Waals surface area contributed by atoms with Crippen molar-refractivity contribution in [3.05, 3.63) is 41.5 Å². The van der Waals surface area contributed by atoms with Crippen LogP contribution in [0.15, 0.2) is 41.0 Å². The number of ketones is 1. The number of thiophene rings is 1. The standard InChI is InChI=1S/C19H20N2OS2/c1-12-5-7-13(8-6-12)14-9-23-17-16(14)18(21-11-20-17)24-10-15(22)19(2,3)4/h5-9,11H,10H2,1-4H3. The van der Waals surface area contributed by atoms with E-state index < -0.39 is 0 Å². The molecule has 0 radical (unpaired) electrons. The van der Waals surface area contributed by atoms with Crippen molar-refractivity contribution in [2.75, 3.05) is 5.75 Å². The molecule has 5 heteroatoms. The summed E-state index contributed by atoms with van der Waals surface area (Å²) in [5, 5.41) is 4.06. The van der Waals surface area contributed by atoms with Crippen LogP contribution in [0.4, 0.5) is 0 Å². The number of carbonyl (C=O) groups is 1. The van der Waals surface area contributed by atoms with Gasteiger partial charge in [0.25, 0.3) is 0 Å². The number of rotatable bonds is 4. The predicted molar refractivity (Wildman–Crippen MR) is 103 cm³/mol. The van der Waals surface area contributed by atoms with E-state index in [1.54, 1.807) is 17.7 Å². The Bertz CT molecular complexity index is 877. The average molecular weight is 357 g/mol. The van der Waals surface area contributed by atoms with Crippen molar-refractivity contribution in [3.63, 3.8) is 0 Å². The Morgan fingerprint density at radius 2 is 1.88 bits per heavy atom. The highest BCUT2D eigenvalue weighted by Crippen LogP contribution is 2.38. The lowest BCUT2D eigenvalue weighted by Crippen LogP contribution is -2.22. The third-order valence-electron chi connectivity index (χ3n) is 3.87. The Labute approximate surface area is 150 Å². The van der Waals surface area contributed by atoms with E-state index in [9.17, 15) is 4.79 Å². The number of aryl methyl sites for hydroxylation is 1. The first-order valence-corrected chi connectivity index (χ1v) is 9.68. The molecule has 3 nitrogen and oxygen atoms in total. The van der Waals surface area contributed by atoms with Gasteiger partial charge >= 0.3 is 0 Å². The zero-order valence-corrected chi connectivity index (χ0v) is 15.9. The minimum atomic E-state index is -0.326. The van der Waals surface area contributed by atoms with E-state index in [0.29, 0.717) is 5.75 Å². The van der Waals surface area contributed by atoms with Crippen LogP contribution in [0.3, 0.4) is 0 Å².